The van der Waals surface area contributed by atoms with Crippen LogP contribution in [0, 0.1) is 5.92 Å². The molecule has 32 heavy (non-hydrogen) atoms. The van der Waals surface area contributed by atoms with Gasteiger partial charge in [0, 0.05) is 36.9 Å². The summed E-state index contributed by atoms with van der Waals surface area (Å²) >= 11 is 0. The Kier molecular flexibility index (Phi) is 9.42. The normalized spacial score (nSPS) is 15.4. The first kappa shape index (κ1) is 24.1. The van der Waals surface area contributed by atoms with Crippen LogP contribution < -0.4 is 20.3 Å². The van der Waals surface area contributed by atoms with Crippen molar-refractivity contribution in [3.63, 3.8) is 0 Å². The first-order chi connectivity index (χ1) is 15.6. The molecule has 5 heteroatoms. The Balaban J connectivity index is 1.75. The third kappa shape index (κ3) is 6.99. The summed E-state index contributed by atoms with van der Waals surface area (Å²) in [6, 6.07) is 14.6. The van der Waals surface area contributed by atoms with E-state index in [4.69, 9.17) is 4.74 Å². The lowest BCUT2D eigenvalue weighted by atomic mass is 10.1. The van der Waals surface area contributed by atoms with Gasteiger partial charge in [-0.3, -0.25) is 4.79 Å². The average molecular weight is 438 g/mol. The summed E-state index contributed by atoms with van der Waals surface area (Å²) in [6.07, 6.45) is 6.87. The standard InChI is InChI=1S/C27H39N3O2/c1-21(2)27(31)30-17-8-6-4-5-7-15-28-20-23-19-24(12-13-26(23)30)29-16-14-22-10-9-11-25(18-22)32-3/h9-13,18-19,21,28-29H,4-8,14-17,20H2,1-3H3. The summed E-state index contributed by atoms with van der Waals surface area (Å²) in [5.41, 5.74) is 4.58. The Morgan fingerprint density at radius 2 is 1.91 bits per heavy atom. The number of nitrogens with zero attached hydrogens (tertiary/aromatic N) is 1. The smallest absolute Gasteiger partial charge is 0.229 e. The summed E-state index contributed by atoms with van der Waals surface area (Å²) < 4.78 is 5.33. The van der Waals surface area contributed by atoms with Crippen molar-refractivity contribution in [1.29, 1.82) is 0 Å². The molecule has 0 spiro atoms. The number of ether oxygens (including phenoxy) is 1. The second-order valence-corrected chi connectivity index (χ2v) is 8.96. The number of benzene rings is 2. The van der Waals surface area contributed by atoms with E-state index in [2.05, 4.69) is 41.0 Å². The van der Waals surface area contributed by atoms with Crippen molar-refractivity contribution in [3.05, 3.63) is 53.6 Å². The number of nitrogens with one attached hydrogen (secondary N) is 2. The molecule has 174 valence electrons. The quantitative estimate of drug-likeness (QED) is 0.636. The van der Waals surface area contributed by atoms with E-state index in [1.54, 1.807) is 7.11 Å². The molecule has 1 heterocycles. The number of rotatable bonds is 6. The van der Waals surface area contributed by atoms with Crippen LogP contribution in [0.2, 0.25) is 0 Å². The third-order valence-corrected chi connectivity index (χ3v) is 6.06. The lowest BCUT2D eigenvalue weighted by molar-refractivity contribution is -0.121. The molecule has 0 unspecified atom stereocenters. The fourth-order valence-corrected chi connectivity index (χ4v) is 4.21. The molecule has 1 amide bonds. The number of carbonyl (C=O) groups is 1. The second kappa shape index (κ2) is 12.5. The minimum atomic E-state index is -0.00983. The summed E-state index contributed by atoms with van der Waals surface area (Å²) in [5.74, 6) is 1.09. The number of carbonyl (C=O) groups excluding carboxylic acids is 1. The lowest BCUT2D eigenvalue weighted by Crippen LogP contribution is -2.36. The van der Waals surface area contributed by atoms with E-state index in [1.165, 1.54) is 36.8 Å². The summed E-state index contributed by atoms with van der Waals surface area (Å²) in [5, 5.41) is 7.15. The minimum Gasteiger partial charge on any atom is -0.497 e. The van der Waals surface area contributed by atoms with E-state index in [-0.39, 0.29) is 11.8 Å². The van der Waals surface area contributed by atoms with Crippen LogP contribution in [0.1, 0.15) is 57.1 Å². The number of fused-ring (bicyclic) bond motifs is 1. The summed E-state index contributed by atoms with van der Waals surface area (Å²) in [4.78, 5) is 15.0. The molecule has 2 aromatic rings. The van der Waals surface area contributed by atoms with Gasteiger partial charge in [0.25, 0.3) is 0 Å². The fraction of sp³-hybridized carbons (Fsp3) is 0.519. The predicted molar refractivity (Wildman–Crippen MR) is 134 cm³/mol. The molecule has 3 rings (SSSR count). The highest BCUT2D eigenvalue weighted by atomic mass is 16.5. The van der Waals surface area contributed by atoms with E-state index in [0.717, 1.165) is 56.1 Å². The molecule has 5 nitrogen and oxygen atoms in total. The van der Waals surface area contributed by atoms with Crippen molar-refractivity contribution in [2.45, 2.75) is 58.9 Å². The van der Waals surface area contributed by atoms with Crippen LogP contribution in [0.3, 0.4) is 0 Å². The van der Waals surface area contributed by atoms with Crippen molar-refractivity contribution >= 4 is 17.3 Å². The van der Waals surface area contributed by atoms with Crippen LogP contribution in [-0.2, 0) is 17.8 Å². The van der Waals surface area contributed by atoms with Crippen molar-refractivity contribution in [2.75, 3.05) is 37.0 Å². The van der Waals surface area contributed by atoms with Gasteiger partial charge in [-0.15, -0.1) is 0 Å². The van der Waals surface area contributed by atoms with Gasteiger partial charge in [-0.05, 0) is 67.3 Å². The fourth-order valence-electron chi connectivity index (χ4n) is 4.21. The minimum absolute atomic E-state index is 0.00983. The summed E-state index contributed by atoms with van der Waals surface area (Å²) in [7, 11) is 1.70. The van der Waals surface area contributed by atoms with Gasteiger partial charge in [0.15, 0.2) is 0 Å². The monoisotopic (exact) mass is 437 g/mol. The van der Waals surface area contributed by atoms with Crippen LogP contribution in [0.15, 0.2) is 42.5 Å². The first-order valence-electron chi connectivity index (χ1n) is 12.1. The number of hydrogen-bond donors (Lipinski definition) is 2. The average Bonchev–Trinajstić information content (AvgIpc) is 2.79. The first-order valence-corrected chi connectivity index (χ1v) is 12.1. The third-order valence-electron chi connectivity index (χ3n) is 6.06. The molecule has 2 aromatic carbocycles. The Hall–Kier alpha value is -2.53. The number of hydrogen-bond acceptors (Lipinski definition) is 4. The highest BCUT2D eigenvalue weighted by Gasteiger charge is 2.21. The Bertz CT molecular complexity index is 866. The zero-order chi connectivity index (χ0) is 22.8. The molecule has 0 aromatic heterocycles. The number of anilines is 2. The van der Waals surface area contributed by atoms with Crippen molar-refractivity contribution < 1.29 is 9.53 Å². The molecule has 0 atom stereocenters. The Labute approximate surface area is 193 Å². The van der Waals surface area contributed by atoms with Crippen molar-refractivity contribution in [3.8, 4) is 5.75 Å². The molecular formula is C27H39N3O2. The predicted octanol–water partition coefficient (Wildman–Crippen LogP) is 5.39. The topological polar surface area (TPSA) is 53.6 Å². The van der Waals surface area contributed by atoms with Gasteiger partial charge < -0.3 is 20.3 Å². The van der Waals surface area contributed by atoms with Crippen molar-refractivity contribution in [2.24, 2.45) is 5.92 Å². The lowest BCUT2D eigenvalue weighted by Gasteiger charge is -2.28. The van der Waals surface area contributed by atoms with Gasteiger partial charge in [0.2, 0.25) is 5.91 Å². The number of amides is 1. The van der Waals surface area contributed by atoms with Gasteiger partial charge in [-0.25, -0.2) is 0 Å². The molecule has 0 bridgehead atoms. The SMILES string of the molecule is COc1cccc(CCNc2ccc3c(c2)CNCCCCCCCN3C(=O)C(C)C)c1. The molecule has 1 aliphatic heterocycles. The van der Waals surface area contributed by atoms with Gasteiger partial charge in [-0.1, -0.05) is 45.2 Å². The maximum Gasteiger partial charge on any atom is 0.229 e. The van der Waals surface area contributed by atoms with E-state index < -0.39 is 0 Å². The maximum absolute atomic E-state index is 13.0. The zero-order valence-electron chi connectivity index (χ0n) is 20.0. The van der Waals surface area contributed by atoms with Gasteiger partial charge >= 0.3 is 0 Å². The Morgan fingerprint density at radius 1 is 1.09 bits per heavy atom. The van der Waals surface area contributed by atoms with E-state index >= 15 is 0 Å². The van der Waals surface area contributed by atoms with Gasteiger partial charge in [0.1, 0.15) is 5.75 Å². The molecule has 0 aliphatic carbocycles. The molecule has 0 saturated carbocycles. The highest BCUT2D eigenvalue weighted by molar-refractivity contribution is 5.95. The summed E-state index contributed by atoms with van der Waals surface area (Å²) in [6.45, 7) is 7.42. The van der Waals surface area contributed by atoms with Crippen LogP contribution in [-0.4, -0.2) is 32.7 Å². The maximum atomic E-state index is 13.0. The largest absolute Gasteiger partial charge is 0.497 e. The molecule has 2 N–H and O–H groups in total. The van der Waals surface area contributed by atoms with Crippen LogP contribution in [0.5, 0.6) is 5.75 Å². The Morgan fingerprint density at radius 3 is 2.72 bits per heavy atom. The zero-order valence-corrected chi connectivity index (χ0v) is 20.0. The number of methoxy groups -OCH3 is 1. The van der Waals surface area contributed by atoms with E-state index in [0.29, 0.717) is 0 Å². The van der Waals surface area contributed by atoms with Crippen LogP contribution in [0.4, 0.5) is 11.4 Å². The van der Waals surface area contributed by atoms with Crippen LogP contribution in [0.25, 0.3) is 0 Å². The van der Waals surface area contributed by atoms with Crippen LogP contribution >= 0.6 is 0 Å². The molecule has 0 radical (unpaired) electrons. The van der Waals surface area contributed by atoms with Gasteiger partial charge in [-0.2, -0.15) is 0 Å². The molecular weight excluding hydrogens is 398 g/mol. The van der Waals surface area contributed by atoms with E-state index in [9.17, 15) is 4.79 Å². The van der Waals surface area contributed by atoms with Gasteiger partial charge in [0.05, 0.1) is 7.11 Å². The van der Waals surface area contributed by atoms with E-state index in [1.807, 2.05) is 30.9 Å². The van der Waals surface area contributed by atoms with Crippen molar-refractivity contribution in [1.82, 2.24) is 5.32 Å². The molecule has 1 aliphatic rings. The molecule has 0 saturated heterocycles. The highest BCUT2D eigenvalue weighted by Crippen LogP contribution is 2.27. The second-order valence-electron chi connectivity index (χ2n) is 8.96. The molecule has 0 fully saturated rings.